The van der Waals surface area contributed by atoms with E-state index < -0.39 is 0 Å². The number of amides is 1. The lowest BCUT2D eigenvalue weighted by atomic mass is 10.1. The Bertz CT molecular complexity index is 1090. The van der Waals surface area contributed by atoms with Crippen LogP contribution in [0.4, 0.5) is 5.82 Å². The van der Waals surface area contributed by atoms with E-state index in [4.69, 9.17) is 0 Å². The van der Waals surface area contributed by atoms with Gasteiger partial charge in [-0.05, 0) is 43.3 Å². The molecular formula is C22H18N4O. The molecule has 2 heterocycles. The minimum absolute atomic E-state index is 0.205. The number of carbonyl (C=O) groups excluding carboxylic acids is 1. The lowest BCUT2D eigenvalue weighted by molar-refractivity contribution is 0.102. The first-order chi connectivity index (χ1) is 13.2. The van der Waals surface area contributed by atoms with Gasteiger partial charge in [0.05, 0.1) is 17.6 Å². The molecule has 2 aromatic heterocycles. The molecule has 5 nitrogen and oxygen atoms in total. The first kappa shape index (κ1) is 16.7. The largest absolute Gasteiger partial charge is 0.307 e. The third-order valence-electron chi connectivity index (χ3n) is 4.20. The highest BCUT2D eigenvalue weighted by Crippen LogP contribution is 2.22. The third kappa shape index (κ3) is 3.62. The maximum atomic E-state index is 12.6. The second-order valence-corrected chi connectivity index (χ2v) is 6.16. The van der Waals surface area contributed by atoms with Crippen LogP contribution in [0.15, 0.2) is 85.1 Å². The van der Waals surface area contributed by atoms with Gasteiger partial charge in [0.1, 0.15) is 5.82 Å². The monoisotopic (exact) mass is 354 g/mol. The van der Waals surface area contributed by atoms with E-state index in [-0.39, 0.29) is 5.91 Å². The fraction of sp³-hybridized carbons (Fsp3) is 0.0455. The molecule has 0 saturated heterocycles. The molecule has 4 aromatic rings. The predicted octanol–water partition coefficient (Wildman–Crippen LogP) is 4.50. The summed E-state index contributed by atoms with van der Waals surface area (Å²) in [7, 11) is 0. The van der Waals surface area contributed by atoms with Gasteiger partial charge in [0.15, 0.2) is 0 Å². The van der Waals surface area contributed by atoms with Crippen molar-refractivity contribution in [3.8, 4) is 16.9 Å². The molecule has 5 heteroatoms. The summed E-state index contributed by atoms with van der Waals surface area (Å²) in [5, 5.41) is 7.27. The molecule has 0 atom stereocenters. The molecule has 0 aliphatic heterocycles. The number of anilines is 1. The number of benzene rings is 2. The lowest BCUT2D eigenvalue weighted by Crippen LogP contribution is -2.13. The van der Waals surface area contributed by atoms with Crippen LogP contribution in [0.2, 0.25) is 0 Å². The van der Waals surface area contributed by atoms with Crippen LogP contribution in [0.5, 0.6) is 0 Å². The molecular weight excluding hydrogens is 336 g/mol. The van der Waals surface area contributed by atoms with Crippen molar-refractivity contribution in [2.75, 3.05) is 5.32 Å². The number of nitrogens with zero attached hydrogens (tertiary/aromatic N) is 3. The summed E-state index contributed by atoms with van der Waals surface area (Å²) in [6.45, 7) is 1.89. The van der Waals surface area contributed by atoms with E-state index in [1.165, 1.54) is 0 Å². The van der Waals surface area contributed by atoms with Gasteiger partial charge in [-0.25, -0.2) is 9.67 Å². The Morgan fingerprint density at radius 2 is 1.74 bits per heavy atom. The zero-order valence-corrected chi connectivity index (χ0v) is 14.8. The average molecular weight is 354 g/mol. The summed E-state index contributed by atoms with van der Waals surface area (Å²) in [6, 6.07) is 24.9. The predicted molar refractivity (Wildman–Crippen MR) is 106 cm³/mol. The van der Waals surface area contributed by atoms with E-state index >= 15 is 0 Å². The van der Waals surface area contributed by atoms with Gasteiger partial charge in [-0.2, -0.15) is 5.10 Å². The second kappa shape index (κ2) is 7.25. The molecule has 0 bridgehead atoms. The second-order valence-electron chi connectivity index (χ2n) is 6.16. The van der Waals surface area contributed by atoms with Gasteiger partial charge in [-0.3, -0.25) is 4.79 Å². The Morgan fingerprint density at radius 1 is 0.926 bits per heavy atom. The van der Waals surface area contributed by atoms with Crippen molar-refractivity contribution >= 4 is 11.7 Å². The average Bonchev–Trinajstić information content (AvgIpc) is 3.19. The van der Waals surface area contributed by atoms with Crippen LogP contribution in [0.1, 0.15) is 16.1 Å². The zero-order chi connectivity index (χ0) is 18.6. The quantitative estimate of drug-likeness (QED) is 0.587. The number of hydrogen-bond donors (Lipinski definition) is 1. The van der Waals surface area contributed by atoms with Gasteiger partial charge in [0.25, 0.3) is 5.91 Å². The first-order valence-electron chi connectivity index (χ1n) is 8.65. The minimum Gasteiger partial charge on any atom is -0.307 e. The topological polar surface area (TPSA) is 59.8 Å². The van der Waals surface area contributed by atoms with Crippen molar-refractivity contribution in [2.24, 2.45) is 0 Å². The van der Waals surface area contributed by atoms with Crippen LogP contribution in [-0.2, 0) is 0 Å². The van der Waals surface area contributed by atoms with E-state index in [0.717, 1.165) is 22.6 Å². The highest BCUT2D eigenvalue weighted by Gasteiger charge is 2.11. The molecule has 2 aromatic carbocycles. The summed E-state index contributed by atoms with van der Waals surface area (Å²) < 4.78 is 1.83. The Kier molecular flexibility index (Phi) is 4.49. The first-order valence-corrected chi connectivity index (χ1v) is 8.65. The zero-order valence-electron chi connectivity index (χ0n) is 14.8. The van der Waals surface area contributed by atoms with E-state index in [1.54, 1.807) is 18.3 Å². The van der Waals surface area contributed by atoms with Gasteiger partial charge in [-0.15, -0.1) is 0 Å². The molecule has 0 unspecified atom stereocenters. The molecule has 132 valence electrons. The molecule has 0 radical (unpaired) electrons. The number of rotatable bonds is 4. The van der Waals surface area contributed by atoms with Crippen molar-refractivity contribution in [1.82, 2.24) is 14.8 Å². The minimum atomic E-state index is -0.205. The van der Waals surface area contributed by atoms with E-state index in [2.05, 4.69) is 15.4 Å². The van der Waals surface area contributed by atoms with Crippen molar-refractivity contribution in [3.63, 3.8) is 0 Å². The molecule has 27 heavy (non-hydrogen) atoms. The number of aromatic nitrogens is 3. The maximum absolute atomic E-state index is 12.6. The Morgan fingerprint density at radius 3 is 2.56 bits per heavy atom. The number of nitrogens with one attached hydrogen (secondary N) is 1. The molecule has 4 rings (SSSR count). The van der Waals surface area contributed by atoms with E-state index in [9.17, 15) is 4.79 Å². The molecule has 0 aliphatic carbocycles. The molecule has 1 N–H and O–H groups in total. The van der Waals surface area contributed by atoms with Gasteiger partial charge in [-0.1, -0.05) is 42.5 Å². The number of hydrogen-bond acceptors (Lipinski definition) is 3. The number of carbonyl (C=O) groups is 1. The van der Waals surface area contributed by atoms with Crippen LogP contribution in [0, 0.1) is 6.92 Å². The van der Waals surface area contributed by atoms with Gasteiger partial charge < -0.3 is 5.32 Å². The summed E-state index contributed by atoms with van der Waals surface area (Å²) in [6.07, 6.45) is 1.76. The van der Waals surface area contributed by atoms with Gasteiger partial charge in [0.2, 0.25) is 0 Å². The molecule has 0 aliphatic rings. The highest BCUT2D eigenvalue weighted by molar-refractivity contribution is 6.04. The van der Waals surface area contributed by atoms with Crippen LogP contribution in [-0.4, -0.2) is 20.7 Å². The lowest BCUT2D eigenvalue weighted by Gasteiger charge is -2.10. The fourth-order valence-corrected chi connectivity index (χ4v) is 2.92. The number of pyridine rings is 1. The molecule has 0 fully saturated rings. The Labute approximate surface area is 157 Å². The summed E-state index contributed by atoms with van der Waals surface area (Å²) in [4.78, 5) is 16.9. The molecule has 0 saturated carbocycles. The van der Waals surface area contributed by atoms with Crippen molar-refractivity contribution < 1.29 is 4.79 Å². The van der Waals surface area contributed by atoms with Crippen LogP contribution in [0.3, 0.4) is 0 Å². The van der Waals surface area contributed by atoms with Crippen molar-refractivity contribution in [1.29, 1.82) is 0 Å². The molecule has 0 spiro atoms. The van der Waals surface area contributed by atoms with Crippen molar-refractivity contribution in [3.05, 3.63) is 96.3 Å². The summed E-state index contributed by atoms with van der Waals surface area (Å²) in [5.74, 6) is 0.331. The van der Waals surface area contributed by atoms with E-state index in [0.29, 0.717) is 11.4 Å². The fourth-order valence-electron chi connectivity index (χ4n) is 2.92. The number of aryl methyl sites for hydroxylation is 1. The van der Waals surface area contributed by atoms with Gasteiger partial charge >= 0.3 is 0 Å². The SMILES string of the molecule is Cc1cccc(NC(=O)c2cccc(-n3nccc3-c3ccccc3)c2)n1. The summed E-state index contributed by atoms with van der Waals surface area (Å²) in [5.41, 5.74) is 4.25. The standard InChI is InChI=1S/C22H18N4O/c1-16-7-5-12-21(24-16)25-22(27)18-10-6-11-19(15-18)26-20(13-14-23-26)17-8-3-2-4-9-17/h2-15H,1H3,(H,24,25,27). The smallest absolute Gasteiger partial charge is 0.256 e. The van der Waals surface area contributed by atoms with E-state index in [1.807, 2.05) is 78.3 Å². The molecule has 1 amide bonds. The summed E-state index contributed by atoms with van der Waals surface area (Å²) >= 11 is 0. The maximum Gasteiger partial charge on any atom is 0.256 e. The van der Waals surface area contributed by atoms with Crippen LogP contribution in [0.25, 0.3) is 16.9 Å². The normalized spacial score (nSPS) is 10.6. The van der Waals surface area contributed by atoms with Crippen molar-refractivity contribution in [2.45, 2.75) is 6.92 Å². The third-order valence-corrected chi connectivity index (χ3v) is 4.20. The van der Waals surface area contributed by atoms with Gasteiger partial charge in [0, 0.05) is 16.8 Å². The Hall–Kier alpha value is -3.73. The van der Waals surface area contributed by atoms with Crippen LogP contribution >= 0.6 is 0 Å². The Balaban J connectivity index is 1.64. The van der Waals surface area contributed by atoms with Crippen LogP contribution < -0.4 is 5.32 Å². The highest BCUT2D eigenvalue weighted by atomic mass is 16.1.